The molecule has 0 aromatic rings. The first-order valence-corrected chi connectivity index (χ1v) is 9.57. The number of hydrogen-bond acceptors (Lipinski definition) is 3. The summed E-state index contributed by atoms with van der Waals surface area (Å²) in [5.74, 6) is 0.673. The van der Waals surface area contributed by atoms with Crippen LogP contribution in [-0.2, 0) is 15.5 Å². The van der Waals surface area contributed by atoms with Crippen molar-refractivity contribution in [3.63, 3.8) is 0 Å². The number of urea groups is 1. The van der Waals surface area contributed by atoms with Crippen LogP contribution in [0.2, 0.25) is 0 Å². The fourth-order valence-electron chi connectivity index (χ4n) is 3.29. The number of nitrogens with one attached hydrogen (secondary N) is 1. The predicted octanol–water partition coefficient (Wildman–Crippen LogP) is 1.89. The Morgan fingerprint density at radius 1 is 1.33 bits per heavy atom. The summed E-state index contributed by atoms with van der Waals surface area (Å²) in [4.78, 5) is 14.4. The maximum Gasteiger partial charge on any atom is 0.318 e. The van der Waals surface area contributed by atoms with Crippen molar-refractivity contribution in [2.75, 3.05) is 25.5 Å². The zero-order chi connectivity index (χ0) is 15.2. The maximum atomic E-state index is 12.6. The molecule has 4 atom stereocenters. The molecule has 1 aliphatic heterocycles. The number of nitrogens with zero attached hydrogens (tertiary/aromatic N) is 1. The highest BCUT2D eigenvalue weighted by molar-refractivity contribution is 7.85. The second-order valence-electron chi connectivity index (χ2n) is 5.88. The van der Waals surface area contributed by atoms with Crippen molar-refractivity contribution in [1.82, 2.24) is 10.2 Å². The molecule has 6 heteroatoms. The minimum Gasteiger partial charge on any atom is -0.377 e. The molecule has 2 aliphatic rings. The summed E-state index contributed by atoms with van der Waals surface area (Å²) in [7, 11) is -0.833. The van der Waals surface area contributed by atoms with Gasteiger partial charge in [0.05, 0.1) is 24.5 Å². The number of hydrogen-bond donors (Lipinski definition) is 1. The number of carbonyl (C=O) groups is 1. The molecule has 0 radical (unpaired) electrons. The molecule has 2 rings (SSSR count). The molecule has 1 heterocycles. The number of amides is 2. The fourth-order valence-corrected chi connectivity index (χ4v) is 4.72. The molecule has 0 aromatic carbocycles. The molecule has 21 heavy (non-hydrogen) atoms. The van der Waals surface area contributed by atoms with E-state index in [0.29, 0.717) is 25.5 Å². The van der Waals surface area contributed by atoms with Gasteiger partial charge in [0.25, 0.3) is 0 Å². The van der Waals surface area contributed by atoms with Gasteiger partial charge in [-0.1, -0.05) is 26.7 Å². The molecule has 5 nitrogen and oxygen atoms in total. The zero-order valence-corrected chi connectivity index (χ0v) is 14.0. The highest BCUT2D eigenvalue weighted by Gasteiger charge is 2.33. The molecule has 0 unspecified atom stereocenters. The van der Waals surface area contributed by atoms with E-state index in [2.05, 4.69) is 12.2 Å². The van der Waals surface area contributed by atoms with E-state index in [-0.39, 0.29) is 23.4 Å². The summed E-state index contributed by atoms with van der Waals surface area (Å²) in [5.41, 5.74) is 0. The summed E-state index contributed by atoms with van der Waals surface area (Å²) in [6, 6.07) is 0.222. The normalized spacial score (nSPS) is 31.7. The van der Waals surface area contributed by atoms with Crippen molar-refractivity contribution in [1.29, 1.82) is 0 Å². The van der Waals surface area contributed by atoms with E-state index in [9.17, 15) is 9.00 Å². The molecule has 122 valence electrons. The number of carbonyl (C=O) groups excluding carboxylic acids is 1. The third-order valence-corrected chi connectivity index (χ3v) is 6.40. The van der Waals surface area contributed by atoms with Gasteiger partial charge in [0.1, 0.15) is 0 Å². The number of morpholine rings is 1. The second kappa shape index (κ2) is 8.13. The van der Waals surface area contributed by atoms with Crippen LogP contribution in [0, 0.1) is 0 Å². The zero-order valence-electron chi connectivity index (χ0n) is 13.2. The van der Waals surface area contributed by atoms with Crippen LogP contribution in [0.3, 0.4) is 0 Å². The second-order valence-corrected chi connectivity index (χ2v) is 7.82. The van der Waals surface area contributed by atoms with Crippen LogP contribution in [-0.4, -0.2) is 58.0 Å². The highest BCUT2D eigenvalue weighted by Crippen LogP contribution is 2.23. The average molecular weight is 316 g/mol. The van der Waals surface area contributed by atoms with E-state index in [4.69, 9.17) is 4.74 Å². The summed E-state index contributed by atoms with van der Waals surface area (Å²) < 4.78 is 17.6. The van der Waals surface area contributed by atoms with Crippen LogP contribution in [0.15, 0.2) is 0 Å². The van der Waals surface area contributed by atoms with E-state index in [0.717, 1.165) is 32.1 Å². The molecular formula is C15H28N2O3S. The Morgan fingerprint density at radius 3 is 2.81 bits per heavy atom. The minimum atomic E-state index is -0.833. The largest absolute Gasteiger partial charge is 0.377 e. The van der Waals surface area contributed by atoms with Crippen LogP contribution >= 0.6 is 0 Å². The van der Waals surface area contributed by atoms with Gasteiger partial charge < -0.3 is 15.0 Å². The van der Waals surface area contributed by atoms with E-state index >= 15 is 0 Å². The Bertz CT molecular complexity index is 378. The van der Waals surface area contributed by atoms with E-state index in [1.54, 1.807) is 0 Å². The SMILES string of the molecule is CC[C@@H]1COCCN1C(=O)N[C@@H]1CCCC[C@H]1[S@](=O)CC. The lowest BCUT2D eigenvalue weighted by molar-refractivity contribution is 0.0105. The van der Waals surface area contributed by atoms with Crippen molar-refractivity contribution in [3.05, 3.63) is 0 Å². The summed E-state index contributed by atoms with van der Waals surface area (Å²) in [6.45, 7) is 5.92. The van der Waals surface area contributed by atoms with Gasteiger partial charge >= 0.3 is 6.03 Å². The molecule has 1 N–H and O–H groups in total. The smallest absolute Gasteiger partial charge is 0.318 e. The Labute approximate surface area is 130 Å². The molecule has 1 saturated carbocycles. The topological polar surface area (TPSA) is 58.6 Å². The lowest BCUT2D eigenvalue weighted by Crippen LogP contribution is -2.57. The van der Waals surface area contributed by atoms with Crippen LogP contribution in [0.4, 0.5) is 4.79 Å². The van der Waals surface area contributed by atoms with Gasteiger partial charge in [-0.05, 0) is 19.3 Å². The molecule has 1 aliphatic carbocycles. The standard InChI is InChI=1S/C15H28N2O3S/c1-3-12-11-20-10-9-17(12)15(18)16-13-7-5-6-8-14(13)21(19)4-2/h12-14H,3-11H2,1-2H3,(H,16,18)/t12-,13-,14-,21-/m1/s1. The van der Waals surface area contributed by atoms with E-state index in [1.807, 2.05) is 11.8 Å². The van der Waals surface area contributed by atoms with Crippen LogP contribution < -0.4 is 5.32 Å². The van der Waals surface area contributed by atoms with Crippen molar-refractivity contribution >= 4 is 16.8 Å². The Hall–Kier alpha value is -0.620. The van der Waals surface area contributed by atoms with Gasteiger partial charge in [-0.3, -0.25) is 4.21 Å². The van der Waals surface area contributed by atoms with Crippen molar-refractivity contribution in [2.24, 2.45) is 0 Å². The summed E-state index contributed by atoms with van der Waals surface area (Å²) in [5, 5.41) is 3.28. The van der Waals surface area contributed by atoms with Crippen molar-refractivity contribution in [2.45, 2.75) is 63.3 Å². The third-order valence-electron chi connectivity index (χ3n) is 4.59. The maximum absolute atomic E-state index is 12.6. The first kappa shape index (κ1) is 16.7. The van der Waals surface area contributed by atoms with Crippen LogP contribution in [0.1, 0.15) is 46.0 Å². The predicted molar refractivity (Wildman–Crippen MR) is 84.9 cm³/mol. The van der Waals surface area contributed by atoms with E-state index in [1.165, 1.54) is 0 Å². The van der Waals surface area contributed by atoms with E-state index < -0.39 is 10.8 Å². The number of rotatable bonds is 4. The molecule has 0 bridgehead atoms. The number of ether oxygens (including phenoxy) is 1. The Morgan fingerprint density at radius 2 is 2.10 bits per heavy atom. The molecule has 0 spiro atoms. The minimum absolute atomic E-state index is 0.00449. The van der Waals surface area contributed by atoms with Gasteiger partial charge in [0.15, 0.2) is 0 Å². The van der Waals surface area contributed by atoms with Gasteiger partial charge in [-0.2, -0.15) is 0 Å². The first-order valence-electron chi connectivity index (χ1n) is 8.19. The lowest BCUT2D eigenvalue weighted by Gasteiger charge is -2.38. The van der Waals surface area contributed by atoms with Crippen LogP contribution in [0.25, 0.3) is 0 Å². The Balaban J connectivity index is 1.97. The van der Waals surface area contributed by atoms with Gasteiger partial charge in [-0.15, -0.1) is 0 Å². The quantitative estimate of drug-likeness (QED) is 0.861. The molecule has 0 aromatic heterocycles. The summed E-state index contributed by atoms with van der Waals surface area (Å²) >= 11 is 0. The van der Waals surface area contributed by atoms with Crippen molar-refractivity contribution < 1.29 is 13.7 Å². The lowest BCUT2D eigenvalue weighted by atomic mass is 9.95. The molecular weight excluding hydrogens is 288 g/mol. The highest BCUT2D eigenvalue weighted by atomic mass is 32.2. The van der Waals surface area contributed by atoms with Gasteiger partial charge in [0, 0.05) is 29.1 Å². The first-order chi connectivity index (χ1) is 10.2. The van der Waals surface area contributed by atoms with Gasteiger partial charge in [0.2, 0.25) is 0 Å². The molecule has 2 fully saturated rings. The third kappa shape index (κ3) is 4.19. The molecule has 1 saturated heterocycles. The molecule has 2 amide bonds. The van der Waals surface area contributed by atoms with Gasteiger partial charge in [-0.25, -0.2) is 4.79 Å². The fraction of sp³-hybridized carbons (Fsp3) is 0.933. The summed E-state index contributed by atoms with van der Waals surface area (Å²) in [6.07, 6.45) is 5.05. The average Bonchev–Trinajstić information content (AvgIpc) is 2.54. The van der Waals surface area contributed by atoms with Crippen LogP contribution in [0.5, 0.6) is 0 Å². The van der Waals surface area contributed by atoms with Crippen molar-refractivity contribution in [3.8, 4) is 0 Å². The Kier molecular flexibility index (Phi) is 6.48. The monoisotopic (exact) mass is 316 g/mol.